The first kappa shape index (κ1) is 14.9. The van der Waals surface area contributed by atoms with E-state index >= 15 is 0 Å². The molecule has 6 nitrogen and oxygen atoms in total. The van der Waals surface area contributed by atoms with E-state index in [1.165, 1.54) is 11.4 Å². The zero-order chi connectivity index (χ0) is 13.8. The smallest absolute Gasteiger partial charge is 0.302 e. The molecule has 0 bridgehead atoms. The van der Waals surface area contributed by atoms with E-state index in [0.717, 1.165) is 11.3 Å². The molecule has 0 aromatic carbocycles. The quantitative estimate of drug-likeness (QED) is 0.795. The van der Waals surface area contributed by atoms with Gasteiger partial charge in [0.1, 0.15) is 5.82 Å². The number of hydrogen-bond donors (Lipinski definition) is 2. The molecule has 0 spiro atoms. The van der Waals surface area contributed by atoms with Gasteiger partial charge in [0.15, 0.2) is 0 Å². The van der Waals surface area contributed by atoms with Crippen molar-refractivity contribution < 1.29 is 8.42 Å². The zero-order valence-corrected chi connectivity index (χ0v) is 11.8. The minimum atomic E-state index is -3.55. The van der Waals surface area contributed by atoms with Gasteiger partial charge in [0.2, 0.25) is 0 Å². The van der Waals surface area contributed by atoms with Crippen LogP contribution in [-0.4, -0.2) is 37.8 Å². The molecule has 3 N–H and O–H groups in total. The van der Waals surface area contributed by atoms with Crippen LogP contribution in [0.3, 0.4) is 0 Å². The van der Waals surface area contributed by atoms with Gasteiger partial charge in [-0.25, -0.2) is 4.98 Å². The third-order valence-corrected chi connectivity index (χ3v) is 3.89. The maximum Gasteiger partial charge on any atom is 0.302 e. The van der Waals surface area contributed by atoms with Crippen molar-refractivity contribution in [2.45, 2.75) is 20.3 Å². The summed E-state index contributed by atoms with van der Waals surface area (Å²) < 4.78 is 27.6. The van der Waals surface area contributed by atoms with Gasteiger partial charge in [-0.2, -0.15) is 12.7 Å². The minimum Gasteiger partial charge on any atom is -0.330 e. The fourth-order valence-electron chi connectivity index (χ4n) is 1.54. The SMILES string of the molecule is Cc1cc(C)nc(NS(=O)(=O)N(C)CCCN)c1. The average Bonchev–Trinajstić information content (AvgIpc) is 2.23. The monoisotopic (exact) mass is 272 g/mol. The van der Waals surface area contributed by atoms with E-state index in [1.807, 2.05) is 19.9 Å². The van der Waals surface area contributed by atoms with Crippen LogP contribution in [-0.2, 0) is 10.2 Å². The molecule has 0 aliphatic carbocycles. The lowest BCUT2D eigenvalue weighted by Crippen LogP contribution is -2.34. The van der Waals surface area contributed by atoms with Crippen LogP contribution in [0.5, 0.6) is 0 Å². The Morgan fingerprint density at radius 1 is 1.39 bits per heavy atom. The van der Waals surface area contributed by atoms with Gasteiger partial charge in [0.25, 0.3) is 0 Å². The highest BCUT2D eigenvalue weighted by molar-refractivity contribution is 7.90. The molecule has 0 radical (unpaired) electrons. The van der Waals surface area contributed by atoms with Gasteiger partial charge in [-0.15, -0.1) is 0 Å². The van der Waals surface area contributed by atoms with Crippen molar-refractivity contribution in [2.75, 3.05) is 24.9 Å². The van der Waals surface area contributed by atoms with E-state index in [2.05, 4.69) is 9.71 Å². The Balaban J connectivity index is 2.81. The number of aryl methyl sites for hydroxylation is 2. The molecule has 0 saturated heterocycles. The van der Waals surface area contributed by atoms with Crippen LogP contribution in [0.25, 0.3) is 0 Å². The molecule has 0 aliphatic heterocycles. The Morgan fingerprint density at radius 2 is 2.06 bits per heavy atom. The van der Waals surface area contributed by atoms with E-state index in [1.54, 1.807) is 6.07 Å². The summed E-state index contributed by atoms with van der Waals surface area (Å²) >= 11 is 0. The summed E-state index contributed by atoms with van der Waals surface area (Å²) in [6, 6.07) is 3.58. The Hall–Kier alpha value is -1.18. The van der Waals surface area contributed by atoms with E-state index in [4.69, 9.17) is 5.73 Å². The van der Waals surface area contributed by atoms with Gasteiger partial charge in [-0.05, 0) is 44.5 Å². The molecular weight excluding hydrogens is 252 g/mol. The number of hydrogen-bond acceptors (Lipinski definition) is 4. The predicted octanol–water partition coefficient (Wildman–Crippen LogP) is 0.636. The molecule has 102 valence electrons. The topological polar surface area (TPSA) is 88.3 Å². The lowest BCUT2D eigenvalue weighted by atomic mass is 10.2. The highest BCUT2D eigenvalue weighted by atomic mass is 32.2. The van der Waals surface area contributed by atoms with Crippen molar-refractivity contribution in [1.29, 1.82) is 0 Å². The maximum absolute atomic E-state index is 12.0. The number of nitrogens with two attached hydrogens (primary N) is 1. The van der Waals surface area contributed by atoms with Crippen LogP contribution < -0.4 is 10.5 Å². The van der Waals surface area contributed by atoms with Gasteiger partial charge in [0, 0.05) is 19.3 Å². The summed E-state index contributed by atoms with van der Waals surface area (Å²) in [7, 11) is -2.04. The average molecular weight is 272 g/mol. The van der Waals surface area contributed by atoms with Gasteiger partial charge < -0.3 is 5.73 Å². The molecule has 0 aliphatic rings. The van der Waals surface area contributed by atoms with E-state index < -0.39 is 10.2 Å². The summed E-state index contributed by atoms with van der Waals surface area (Å²) in [5, 5.41) is 0. The molecule has 0 atom stereocenters. The molecule has 0 amide bonds. The van der Waals surface area contributed by atoms with Gasteiger partial charge in [-0.1, -0.05) is 0 Å². The third-order valence-electron chi connectivity index (χ3n) is 2.42. The largest absolute Gasteiger partial charge is 0.330 e. The fourth-order valence-corrected chi connectivity index (χ4v) is 2.43. The van der Waals surface area contributed by atoms with Crippen LogP contribution >= 0.6 is 0 Å². The lowest BCUT2D eigenvalue weighted by Gasteiger charge is -2.17. The molecule has 1 aromatic heterocycles. The summed E-state index contributed by atoms with van der Waals surface area (Å²) in [5.74, 6) is 0.340. The van der Waals surface area contributed by atoms with Crippen molar-refractivity contribution in [3.8, 4) is 0 Å². The highest BCUT2D eigenvalue weighted by Gasteiger charge is 2.17. The number of pyridine rings is 1. The molecular formula is C11H20N4O2S. The van der Waals surface area contributed by atoms with E-state index in [0.29, 0.717) is 25.3 Å². The molecule has 1 rings (SSSR count). The minimum absolute atomic E-state index is 0.340. The van der Waals surface area contributed by atoms with Crippen LogP contribution in [0.2, 0.25) is 0 Å². The van der Waals surface area contributed by atoms with E-state index in [9.17, 15) is 8.42 Å². The predicted molar refractivity (Wildman–Crippen MR) is 72.6 cm³/mol. The van der Waals surface area contributed by atoms with Crippen molar-refractivity contribution >= 4 is 16.0 Å². The summed E-state index contributed by atoms with van der Waals surface area (Å²) in [6.07, 6.45) is 0.623. The zero-order valence-electron chi connectivity index (χ0n) is 11.0. The third kappa shape index (κ3) is 4.25. The Morgan fingerprint density at radius 3 is 2.61 bits per heavy atom. The van der Waals surface area contributed by atoms with Crippen LogP contribution in [0.1, 0.15) is 17.7 Å². The summed E-state index contributed by atoms with van der Waals surface area (Å²) in [6.45, 7) is 4.56. The van der Waals surface area contributed by atoms with Crippen molar-refractivity contribution in [1.82, 2.24) is 9.29 Å². The molecule has 0 fully saturated rings. The van der Waals surface area contributed by atoms with Crippen LogP contribution in [0.4, 0.5) is 5.82 Å². The number of anilines is 1. The van der Waals surface area contributed by atoms with Crippen molar-refractivity contribution in [2.24, 2.45) is 5.73 Å². The summed E-state index contributed by atoms with van der Waals surface area (Å²) in [5.41, 5.74) is 7.10. The number of rotatable bonds is 6. The second-order valence-electron chi connectivity index (χ2n) is 4.24. The first-order valence-electron chi connectivity index (χ1n) is 5.74. The molecule has 1 heterocycles. The second-order valence-corrected chi connectivity index (χ2v) is 6.02. The number of nitrogens with zero attached hydrogens (tertiary/aromatic N) is 2. The molecule has 18 heavy (non-hydrogen) atoms. The molecule has 7 heteroatoms. The van der Waals surface area contributed by atoms with Crippen molar-refractivity contribution in [3.05, 3.63) is 23.4 Å². The first-order chi connectivity index (χ1) is 8.35. The molecule has 0 unspecified atom stereocenters. The first-order valence-corrected chi connectivity index (χ1v) is 7.18. The van der Waals surface area contributed by atoms with Crippen LogP contribution in [0.15, 0.2) is 12.1 Å². The van der Waals surface area contributed by atoms with Gasteiger partial charge in [0.05, 0.1) is 0 Å². The van der Waals surface area contributed by atoms with Gasteiger partial charge in [-0.3, -0.25) is 4.72 Å². The normalized spacial score (nSPS) is 11.8. The standard InChI is InChI=1S/C11H20N4O2S/c1-9-7-10(2)13-11(8-9)14-18(16,17)15(3)6-4-5-12/h7-8H,4-6,12H2,1-3H3,(H,13,14). The Bertz CT molecular complexity index is 482. The fraction of sp³-hybridized carbons (Fsp3) is 0.545. The Kier molecular flexibility index (Phi) is 5.06. The Labute approximate surface area is 108 Å². The molecule has 0 saturated carbocycles. The number of aromatic nitrogens is 1. The molecule has 1 aromatic rings. The number of nitrogens with one attached hydrogen (secondary N) is 1. The second kappa shape index (κ2) is 6.12. The summed E-state index contributed by atoms with van der Waals surface area (Å²) in [4.78, 5) is 4.14. The van der Waals surface area contributed by atoms with Crippen molar-refractivity contribution in [3.63, 3.8) is 0 Å². The van der Waals surface area contributed by atoms with Crippen LogP contribution in [0, 0.1) is 13.8 Å². The maximum atomic E-state index is 12.0. The highest BCUT2D eigenvalue weighted by Crippen LogP contribution is 2.12. The lowest BCUT2D eigenvalue weighted by molar-refractivity contribution is 0.468. The van der Waals surface area contributed by atoms with Gasteiger partial charge >= 0.3 is 10.2 Å². The van der Waals surface area contributed by atoms with E-state index in [-0.39, 0.29) is 0 Å².